The van der Waals surface area contributed by atoms with Crippen molar-refractivity contribution in [1.82, 2.24) is 20.1 Å². The lowest BCUT2D eigenvalue weighted by molar-refractivity contribution is -0.135. The number of imide groups is 1. The van der Waals surface area contributed by atoms with Crippen LogP contribution in [0.3, 0.4) is 0 Å². The van der Waals surface area contributed by atoms with E-state index in [1.54, 1.807) is 41.2 Å². The van der Waals surface area contributed by atoms with Crippen LogP contribution in [0.4, 0.5) is 0 Å². The summed E-state index contributed by atoms with van der Waals surface area (Å²) in [5, 5.41) is 11.3. The van der Waals surface area contributed by atoms with Gasteiger partial charge in [-0.2, -0.15) is 0 Å². The zero-order valence-electron chi connectivity index (χ0n) is 17.2. The molecule has 2 aromatic carbocycles. The van der Waals surface area contributed by atoms with Gasteiger partial charge in [0.1, 0.15) is 6.61 Å². The van der Waals surface area contributed by atoms with Gasteiger partial charge in [-0.05, 0) is 36.4 Å². The van der Waals surface area contributed by atoms with E-state index in [2.05, 4.69) is 15.5 Å². The Hall–Kier alpha value is -4.05. The Kier molecular flexibility index (Phi) is 5.81. The molecule has 166 valence electrons. The lowest BCUT2D eigenvalue weighted by Gasteiger charge is -2.25. The predicted molar refractivity (Wildman–Crippen MR) is 119 cm³/mol. The Morgan fingerprint density at radius 1 is 1.00 bits per heavy atom. The molecule has 5 rings (SSSR count). The van der Waals surface area contributed by atoms with Crippen LogP contribution in [-0.2, 0) is 9.59 Å². The van der Waals surface area contributed by atoms with E-state index in [4.69, 9.17) is 13.9 Å². The summed E-state index contributed by atoms with van der Waals surface area (Å²) < 4.78 is 18.5. The highest BCUT2D eigenvalue weighted by molar-refractivity contribution is 7.99. The minimum atomic E-state index is -0.910. The first-order valence-corrected chi connectivity index (χ1v) is 11.1. The maximum Gasteiger partial charge on any atom is 0.271 e. The van der Waals surface area contributed by atoms with Crippen molar-refractivity contribution >= 4 is 23.6 Å². The quantitative estimate of drug-likeness (QED) is 0.436. The van der Waals surface area contributed by atoms with Gasteiger partial charge in [-0.25, -0.2) is 0 Å². The Balaban J connectivity index is 1.26. The number of hydrogen-bond donors (Lipinski definition) is 1. The van der Waals surface area contributed by atoms with Gasteiger partial charge in [0.25, 0.3) is 5.91 Å². The van der Waals surface area contributed by atoms with Crippen LogP contribution in [0.5, 0.6) is 11.5 Å². The van der Waals surface area contributed by atoms with Gasteiger partial charge in [0.15, 0.2) is 22.4 Å². The molecule has 0 spiro atoms. The number of nitrogens with one attached hydrogen (secondary N) is 1. The first-order valence-electron chi connectivity index (χ1n) is 10.1. The summed E-state index contributed by atoms with van der Waals surface area (Å²) in [7, 11) is 0. The highest BCUT2D eigenvalue weighted by Gasteiger charge is 2.28. The monoisotopic (exact) mass is 462 g/mol. The molecule has 1 N–H and O–H groups in total. The Morgan fingerprint density at radius 3 is 2.58 bits per heavy atom. The second-order valence-electron chi connectivity index (χ2n) is 7.02. The van der Waals surface area contributed by atoms with Crippen LogP contribution in [0, 0.1) is 0 Å². The molecule has 1 aliphatic heterocycles. The second-order valence-corrected chi connectivity index (χ2v) is 7.96. The number of carbonyl (C=O) groups excluding carboxylic acids is 2. The van der Waals surface area contributed by atoms with Gasteiger partial charge in [0.2, 0.25) is 17.8 Å². The Labute approximate surface area is 192 Å². The number of para-hydroxylation sites is 3. The average molecular weight is 462 g/mol. The number of hydrogen-bond acceptors (Lipinski definition) is 8. The summed E-state index contributed by atoms with van der Waals surface area (Å²) in [6, 6.07) is 20.1. The average Bonchev–Trinajstić information content (AvgIpc) is 3.53. The highest BCUT2D eigenvalue weighted by atomic mass is 32.2. The number of rotatable bonds is 6. The predicted octanol–water partition coefficient (Wildman–Crippen LogP) is 3.10. The summed E-state index contributed by atoms with van der Waals surface area (Å²) in [6.45, 7) is 0.0259. The first-order chi connectivity index (χ1) is 16.2. The molecule has 2 aromatic heterocycles. The van der Waals surface area contributed by atoms with Gasteiger partial charge in [0, 0.05) is 5.69 Å². The third kappa shape index (κ3) is 4.46. The summed E-state index contributed by atoms with van der Waals surface area (Å²) in [5.41, 5.74) is 0.819. The molecule has 33 heavy (non-hydrogen) atoms. The minimum absolute atomic E-state index is 0.0259. The standard InChI is InChI=1S/C23H18N4O5S/c28-20(24-22(29)19-13-31-16-9-4-5-10-17(16)32-19)14-33-23-26-25-21(18-11-6-12-30-18)27(23)15-7-2-1-3-8-15/h1-12,19H,13-14H2,(H,24,28,29)/t19-/m0/s1. The molecule has 0 unspecified atom stereocenters. The van der Waals surface area contributed by atoms with Gasteiger partial charge in [0.05, 0.1) is 12.0 Å². The maximum absolute atomic E-state index is 12.5. The number of benzene rings is 2. The summed E-state index contributed by atoms with van der Waals surface area (Å²) in [6.07, 6.45) is 0.646. The molecule has 0 saturated carbocycles. The van der Waals surface area contributed by atoms with Crippen molar-refractivity contribution in [2.24, 2.45) is 0 Å². The Morgan fingerprint density at radius 2 is 1.79 bits per heavy atom. The summed E-state index contributed by atoms with van der Waals surface area (Å²) in [5.74, 6) is 1.01. The van der Waals surface area contributed by atoms with Crippen molar-refractivity contribution in [1.29, 1.82) is 0 Å². The molecular weight excluding hydrogens is 444 g/mol. The fourth-order valence-electron chi connectivity index (χ4n) is 3.27. The van der Waals surface area contributed by atoms with Crippen LogP contribution in [0.1, 0.15) is 0 Å². The van der Waals surface area contributed by atoms with Crippen molar-refractivity contribution in [2.75, 3.05) is 12.4 Å². The number of nitrogens with zero attached hydrogens (tertiary/aromatic N) is 3. The number of thioether (sulfide) groups is 1. The fourth-order valence-corrected chi connectivity index (χ4v) is 4.02. The second kappa shape index (κ2) is 9.21. The molecule has 0 aliphatic carbocycles. The van der Waals surface area contributed by atoms with Crippen molar-refractivity contribution in [3.05, 3.63) is 73.0 Å². The van der Waals surface area contributed by atoms with Crippen LogP contribution >= 0.6 is 11.8 Å². The molecule has 4 aromatic rings. The topological polar surface area (TPSA) is 108 Å². The fraction of sp³-hybridized carbons (Fsp3) is 0.130. The molecule has 9 nitrogen and oxygen atoms in total. The smallest absolute Gasteiger partial charge is 0.271 e. The molecule has 0 radical (unpaired) electrons. The third-order valence-electron chi connectivity index (χ3n) is 4.79. The van der Waals surface area contributed by atoms with Crippen molar-refractivity contribution in [3.63, 3.8) is 0 Å². The van der Waals surface area contributed by atoms with Gasteiger partial charge in [-0.1, -0.05) is 42.1 Å². The largest absolute Gasteiger partial charge is 0.485 e. The summed E-state index contributed by atoms with van der Waals surface area (Å²) >= 11 is 1.16. The van der Waals surface area contributed by atoms with E-state index in [-0.39, 0.29) is 12.4 Å². The number of fused-ring (bicyclic) bond motifs is 1. The van der Waals surface area contributed by atoms with E-state index in [0.29, 0.717) is 28.2 Å². The molecular formula is C23H18N4O5S. The van der Waals surface area contributed by atoms with Gasteiger partial charge in [-0.15, -0.1) is 10.2 Å². The number of aromatic nitrogens is 3. The van der Waals surface area contributed by atoms with E-state index >= 15 is 0 Å². The van der Waals surface area contributed by atoms with Crippen LogP contribution < -0.4 is 14.8 Å². The van der Waals surface area contributed by atoms with Crippen LogP contribution in [0.2, 0.25) is 0 Å². The van der Waals surface area contributed by atoms with Crippen LogP contribution in [0.15, 0.2) is 82.6 Å². The molecule has 0 saturated heterocycles. The lowest BCUT2D eigenvalue weighted by Crippen LogP contribution is -2.46. The number of carbonyl (C=O) groups is 2. The molecule has 0 bridgehead atoms. The molecule has 1 atom stereocenters. The molecule has 1 aliphatic rings. The highest BCUT2D eigenvalue weighted by Crippen LogP contribution is 2.31. The molecule has 10 heteroatoms. The zero-order chi connectivity index (χ0) is 22.6. The maximum atomic E-state index is 12.5. The van der Waals surface area contributed by atoms with Crippen LogP contribution in [-0.4, -0.2) is 45.0 Å². The van der Waals surface area contributed by atoms with Gasteiger partial charge >= 0.3 is 0 Å². The molecule has 2 amide bonds. The van der Waals surface area contributed by atoms with E-state index in [0.717, 1.165) is 17.4 Å². The third-order valence-corrected chi connectivity index (χ3v) is 5.71. The van der Waals surface area contributed by atoms with E-state index in [1.165, 1.54) is 0 Å². The number of amides is 2. The number of furan rings is 1. The van der Waals surface area contributed by atoms with Gasteiger partial charge in [-0.3, -0.25) is 19.5 Å². The normalized spacial score (nSPS) is 14.6. The lowest BCUT2D eigenvalue weighted by atomic mass is 10.2. The molecule has 3 heterocycles. The molecule has 0 fully saturated rings. The van der Waals surface area contributed by atoms with Crippen molar-refractivity contribution in [2.45, 2.75) is 11.3 Å². The zero-order valence-corrected chi connectivity index (χ0v) is 18.0. The van der Waals surface area contributed by atoms with Crippen molar-refractivity contribution in [3.8, 4) is 28.8 Å². The van der Waals surface area contributed by atoms with E-state index in [9.17, 15) is 9.59 Å². The minimum Gasteiger partial charge on any atom is -0.485 e. The SMILES string of the molecule is O=C(CSc1nnc(-c2ccco2)n1-c1ccccc1)NC(=O)[C@@H]1COc2ccccc2O1. The van der Waals surface area contributed by atoms with Crippen LogP contribution in [0.25, 0.3) is 17.3 Å². The van der Waals surface area contributed by atoms with Gasteiger partial charge < -0.3 is 13.9 Å². The first kappa shape index (κ1) is 20.8. The van der Waals surface area contributed by atoms with Crippen molar-refractivity contribution < 1.29 is 23.5 Å². The Bertz CT molecular complexity index is 1270. The van der Waals surface area contributed by atoms with E-state index in [1.807, 2.05) is 36.4 Å². The van der Waals surface area contributed by atoms with E-state index < -0.39 is 17.9 Å². The summed E-state index contributed by atoms with van der Waals surface area (Å²) in [4.78, 5) is 25.0. The number of ether oxygens (including phenoxy) is 2.